The lowest BCUT2D eigenvalue weighted by Gasteiger charge is -2.17. The number of hydrogen-bond donors (Lipinski definition) is 1. The summed E-state index contributed by atoms with van der Waals surface area (Å²) in [4.78, 5) is 0.413. The van der Waals surface area contributed by atoms with Gasteiger partial charge in [-0.3, -0.25) is 0 Å². The second-order valence-electron chi connectivity index (χ2n) is 2.11. The Kier molecular flexibility index (Phi) is 2.08. The molecule has 2 unspecified atom stereocenters. The Balaban J connectivity index is 2.47. The van der Waals surface area contributed by atoms with Gasteiger partial charge in [-0.1, -0.05) is 28.1 Å². The molecule has 0 aromatic rings. The standard InChI is InChI=1S/C6H10BrN/c7-5-3-1-2-4-6(5)8/h1,3,5-6H,2,4,8H2. The van der Waals surface area contributed by atoms with E-state index in [1.165, 1.54) is 0 Å². The molecule has 8 heavy (non-hydrogen) atoms. The molecule has 0 fully saturated rings. The molecular weight excluding hydrogens is 166 g/mol. The largest absolute Gasteiger partial charge is 0.326 e. The van der Waals surface area contributed by atoms with Crippen LogP contribution in [0.1, 0.15) is 12.8 Å². The summed E-state index contributed by atoms with van der Waals surface area (Å²) in [6, 6.07) is 0.333. The van der Waals surface area contributed by atoms with Gasteiger partial charge in [0.05, 0.1) is 0 Å². The molecule has 2 heteroatoms. The molecule has 2 atom stereocenters. The van der Waals surface area contributed by atoms with Gasteiger partial charge in [0.25, 0.3) is 0 Å². The monoisotopic (exact) mass is 175 g/mol. The van der Waals surface area contributed by atoms with Crippen LogP contribution in [0.25, 0.3) is 0 Å². The summed E-state index contributed by atoms with van der Waals surface area (Å²) in [7, 11) is 0. The minimum absolute atomic E-state index is 0.333. The van der Waals surface area contributed by atoms with Crippen molar-refractivity contribution in [3.63, 3.8) is 0 Å². The lowest BCUT2D eigenvalue weighted by Crippen LogP contribution is -2.30. The topological polar surface area (TPSA) is 26.0 Å². The first-order chi connectivity index (χ1) is 3.80. The van der Waals surface area contributed by atoms with Crippen LogP contribution >= 0.6 is 15.9 Å². The van der Waals surface area contributed by atoms with Crippen LogP contribution in [0.4, 0.5) is 0 Å². The van der Waals surface area contributed by atoms with Gasteiger partial charge >= 0.3 is 0 Å². The van der Waals surface area contributed by atoms with Crippen molar-refractivity contribution in [1.29, 1.82) is 0 Å². The minimum Gasteiger partial charge on any atom is -0.326 e. The smallest absolute Gasteiger partial charge is 0.0476 e. The van der Waals surface area contributed by atoms with Gasteiger partial charge in [-0.2, -0.15) is 0 Å². The second-order valence-corrected chi connectivity index (χ2v) is 3.17. The van der Waals surface area contributed by atoms with Crippen molar-refractivity contribution < 1.29 is 0 Å². The Labute approximate surface area is 58.1 Å². The lowest BCUT2D eigenvalue weighted by molar-refractivity contribution is 0.622. The van der Waals surface area contributed by atoms with Gasteiger partial charge < -0.3 is 5.73 Å². The van der Waals surface area contributed by atoms with E-state index in [9.17, 15) is 0 Å². The van der Waals surface area contributed by atoms with Gasteiger partial charge in [0.15, 0.2) is 0 Å². The fraction of sp³-hybridized carbons (Fsp3) is 0.667. The van der Waals surface area contributed by atoms with E-state index in [4.69, 9.17) is 5.73 Å². The van der Waals surface area contributed by atoms with Crippen molar-refractivity contribution in [1.82, 2.24) is 0 Å². The molecule has 0 radical (unpaired) electrons. The second kappa shape index (κ2) is 2.65. The van der Waals surface area contributed by atoms with Crippen molar-refractivity contribution in [2.24, 2.45) is 5.73 Å². The normalized spacial score (nSPS) is 37.8. The van der Waals surface area contributed by atoms with Crippen LogP contribution in [0.15, 0.2) is 12.2 Å². The van der Waals surface area contributed by atoms with Gasteiger partial charge in [-0.05, 0) is 12.8 Å². The molecule has 0 bridgehead atoms. The predicted molar refractivity (Wildman–Crippen MR) is 39.1 cm³/mol. The van der Waals surface area contributed by atoms with Crippen LogP contribution < -0.4 is 5.73 Å². The maximum atomic E-state index is 5.68. The zero-order chi connectivity index (χ0) is 5.98. The fourth-order valence-corrected chi connectivity index (χ4v) is 1.30. The van der Waals surface area contributed by atoms with Crippen LogP contribution in [0.2, 0.25) is 0 Å². The summed E-state index contributed by atoms with van der Waals surface area (Å²) in [5.41, 5.74) is 5.68. The summed E-state index contributed by atoms with van der Waals surface area (Å²) in [6.45, 7) is 0. The summed E-state index contributed by atoms with van der Waals surface area (Å²) in [6.07, 6.45) is 6.55. The average Bonchev–Trinajstić information content (AvgIpc) is 1.77. The Morgan fingerprint density at radius 2 is 2.38 bits per heavy atom. The Morgan fingerprint density at radius 1 is 1.62 bits per heavy atom. The molecule has 1 nitrogen and oxygen atoms in total. The van der Waals surface area contributed by atoms with Crippen LogP contribution in [0.5, 0.6) is 0 Å². The minimum atomic E-state index is 0.333. The predicted octanol–water partition coefficient (Wildman–Crippen LogP) is 1.43. The molecule has 2 N–H and O–H groups in total. The molecule has 0 heterocycles. The fourth-order valence-electron chi connectivity index (χ4n) is 0.817. The van der Waals surface area contributed by atoms with E-state index >= 15 is 0 Å². The van der Waals surface area contributed by atoms with Crippen LogP contribution in [0, 0.1) is 0 Å². The zero-order valence-electron chi connectivity index (χ0n) is 4.68. The van der Waals surface area contributed by atoms with Gasteiger partial charge in [-0.15, -0.1) is 0 Å². The summed E-state index contributed by atoms with van der Waals surface area (Å²) in [5, 5.41) is 0. The lowest BCUT2D eigenvalue weighted by atomic mass is 10.0. The van der Waals surface area contributed by atoms with Gasteiger partial charge in [0.2, 0.25) is 0 Å². The van der Waals surface area contributed by atoms with Gasteiger partial charge in [0, 0.05) is 10.9 Å². The first-order valence-electron chi connectivity index (χ1n) is 2.87. The van der Waals surface area contributed by atoms with E-state index in [1.54, 1.807) is 0 Å². The SMILES string of the molecule is NC1CCC=CC1Br. The highest BCUT2D eigenvalue weighted by molar-refractivity contribution is 9.09. The molecule has 0 saturated carbocycles. The number of hydrogen-bond acceptors (Lipinski definition) is 1. The molecule has 1 aliphatic rings. The molecule has 0 aliphatic heterocycles. The van der Waals surface area contributed by atoms with Crippen LogP contribution in [0.3, 0.4) is 0 Å². The third kappa shape index (κ3) is 1.33. The van der Waals surface area contributed by atoms with Crippen molar-refractivity contribution in [3.05, 3.63) is 12.2 Å². The Bertz CT molecular complexity index is 101. The van der Waals surface area contributed by atoms with Crippen molar-refractivity contribution in [2.75, 3.05) is 0 Å². The number of halogens is 1. The molecular formula is C6H10BrN. The maximum Gasteiger partial charge on any atom is 0.0476 e. The summed E-state index contributed by atoms with van der Waals surface area (Å²) in [5.74, 6) is 0. The molecule has 0 aromatic carbocycles. The molecule has 0 aromatic heterocycles. The van der Waals surface area contributed by atoms with Gasteiger partial charge in [0.1, 0.15) is 0 Å². The first kappa shape index (κ1) is 6.30. The number of alkyl halides is 1. The maximum absolute atomic E-state index is 5.68. The summed E-state index contributed by atoms with van der Waals surface area (Å²) < 4.78 is 0. The highest BCUT2D eigenvalue weighted by Crippen LogP contribution is 2.15. The average molecular weight is 176 g/mol. The Morgan fingerprint density at radius 3 is 2.75 bits per heavy atom. The van der Waals surface area contributed by atoms with Crippen LogP contribution in [-0.4, -0.2) is 10.9 Å². The van der Waals surface area contributed by atoms with E-state index in [-0.39, 0.29) is 0 Å². The van der Waals surface area contributed by atoms with Crippen molar-refractivity contribution in [3.8, 4) is 0 Å². The molecule has 0 amide bonds. The number of allylic oxidation sites excluding steroid dienone is 1. The number of rotatable bonds is 0. The van der Waals surface area contributed by atoms with E-state index < -0.39 is 0 Å². The third-order valence-electron chi connectivity index (χ3n) is 1.40. The third-order valence-corrected chi connectivity index (χ3v) is 2.38. The van der Waals surface area contributed by atoms with E-state index in [0.29, 0.717) is 10.9 Å². The zero-order valence-corrected chi connectivity index (χ0v) is 6.26. The molecule has 0 spiro atoms. The van der Waals surface area contributed by atoms with Gasteiger partial charge in [-0.25, -0.2) is 0 Å². The molecule has 1 aliphatic carbocycles. The highest BCUT2D eigenvalue weighted by atomic mass is 79.9. The van der Waals surface area contributed by atoms with Crippen molar-refractivity contribution >= 4 is 15.9 Å². The molecule has 46 valence electrons. The van der Waals surface area contributed by atoms with E-state index in [2.05, 4.69) is 28.1 Å². The quantitative estimate of drug-likeness (QED) is 0.438. The number of nitrogens with two attached hydrogens (primary N) is 1. The first-order valence-corrected chi connectivity index (χ1v) is 3.78. The van der Waals surface area contributed by atoms with E-state index in [0.717, 1.165) is 12.8 Å². The van der Waals surface area contributed by atoms with Crippen LogP contribution in [-0.2, 0) is 0 Å². The summed E-state index contributed by atoms with van der Waals surface area (Å²) >= 11 is 3.44. The van der Waals surface area contributed by atoms with E-state index in [1.807, 2.05) is 0 Å². The molecule has 0 saturated heterocycles. The van der Waals surface area contributed by atoms with Crippen molar-refractivity contribution in [2.45, 2.75) is 23.7 Å². The Hall–Kier alpha value is 0.180. The molecule has 1 rings (SSSR count). The highest BCUT2D eigenvalue weighted by Gasteiger charge is 2.12.